The van der Waals surface area contributed by atoms with Crippen molar-refractivity contribution >= 4 is 28.5 Å². The molecule has 1 aliphatic rings. The molecule has 1 fully saturated rings. The Labute approximate surface area is 170 Å². The molecule has 1 amide bonds. The van der Waals surface area contributed by atoms with Gasteiger partial charge in [-0.3, -0.25) is 9.69 Å². The van der Waals surface area contributed by atoms with E-state index in [9.17, 15) is 4.79 Å². The molecule has 0 unspecified atom stereocenters. The maximum Gasteiger partial charge on any atom is 0.229 e. The van der Waals surface area contributed by atoms with E-state index >= 15 is 0 Å². The van der Waals surface area contributed by atoms with Crippen LogP contribution in [0.1, 0.15) is 25.8 Å². The van der Waals surface area contributed by atoms with Crippen LogP contribution >= 0.6 is 11.8 Å². The number of hydrogen-bond donors (Lipinski definition) is 0. The van der Waals surface area contributed by atoms with Crippen LogP contribution in [0.25, 0.3) is 0 Å². The SMILES string of the molecule is CCOc1ccccc1N=C1SC[C@@H](C)N1C(=O)CCc1ccc(OC)cc1. The van der Waals surface area contributed by atoms with Gasteiger partial charge in [0.25, 0.3) is 0 Å². The highest BCUT2D eigenvalue weighted by molar-refractivity contribution is 8.14. The molecule has 148 valence electrons. The van der Waals surface area contributed by atoms with Crippen LogP contribution in [0.2, 0.25) is 0 Å². The predicted octanol–water partition coefficient (Wildman–Crippen LogP) is 4.68. The molecule has 3 rings (SSSR count). The van der Waals surface area contributed by atoms with E-state index in [1.54, 1.807) is 18.9 Å². The zero-order valence-corrected chi connectivity index (χ0v) is 17.4. The number of amidine groups is 1. The van der Waals surface area contributed by atoms with Gasteiger partial charge in [0.15, 0.2) is 5.17 Å². The molecule has 1 saturated heterocycles. The third-order valence-electron chi connectivity index (χ3n) is 4.54. The van der Waals surface area contributed by atoms with Gasteiger partial charge in [0.05, 0.1) is 13.7 Å². The molecule has 0 spiro atoms. The monoisotopic (exact) mass is 398 g/mol. The van der Waals surface area contributed by atoms with Crippen LogP contribution in [0, 0.1) is 0 Å². The lowest BCUT2D eigenvalue weighted by atomic mass is 10.1. The maximum absolute atomic E-state index is 12.9. The van der Waals surface area contributed by atoms with Crippen LogP contribution in [-0.2, 0) is 11.2 Å². The zero-order chi connectivity index (χ0) is 19.9. The summed E-state index contributed by atoms with van der Waals surface area (Å²) in [6.45, 7) is 4.59. The molecule has 1 aliphatic heterocycles. The Kier molecular flexibility index (Phi) is 6.98. The number of nitrogens with zero attached hydrogens (tertiary/aromatic N) is 2. The number of aliphatic imine (C=N–C) groups is 1. The number of benzene rings is 2. The summed E-state index contributed by atoms with van der Waals surface area (Å²) in [6, 6.07) is 15.7. The predicted molar refractivity (Wildman–Crippen MR) is 115 cm³/mol. The first kappa shape index (κ1) is 20.3. The molecule has 0 aromatic heterocycles. The van der Waals surface area contributed by atoms with Gasteiger partial charge in [-0.1, -0.05) is 36.0 Å². The van der Waals surface area contributed by atoms with Crippen molar-refractivity contribution in [3.8, 4) is 11.5 Å². The molecule has 28 heavy (non-hydrogen) atoms. The molecule has 6 heteroatoms. The van der Waals surface area contributed by atoms with Crippen molar-refractivity contribution in [3.63, 3.8) is 0 Å². The van der Waals surface area contributed by atoms with E-state index in [4.69, 9.17) is 14.5 Å². The van der Waals surface area contributed by atoms with Gasteiger partial charge in [-0.2, -0.15) is 0 Å². The molecule has 0 saturated carbocycles. The number of carbonyl (C=O) groups is 1. The van der Waals surface area contributed by atoms with Crippen molar-refractivity contribution in [1.29, 1.82) is 0 Å². The van der Waals surface area contributed by atoms with Gasteiger partial charge in [-0.15, -0.1) is 0 Å². The number of aryl methyl sites for hydroxylation is 1. The van der Waals surface area contributed by atoms with Crippen LogP contribution < -0.4 is 9.47 Å². The Hall–Kier alpha value is -2.47. The van der Waals surface area contributed by atoms with Gasteiger partial charge in [-0.25, -0.2) is 4.99 Å². The highest BCUT2D eigenvalue weighted by Crippen LogP contribution is 2.32. The van der Waals surface area contributed by atoms with E-state index < -0.39 is 0 Å². The molecule has 5 nitrogen and oxygen atoms in total. The summed E-state index contributed by atoms with van der Waals surface area (Å²) < 4.78 is 10.8. The van der Waals surface area contributed by atoms with Crippen molar-refractivity contribution in [2.45, 2.75) is 32.7 Å². The molecule has 2 aromatic rings. The standard InChI is InChI=1S/C22H26N2O3S/c1-4-27-20-8-6-5-7-19(20)23-22-24(16(2)15-28-22)21(25)14-11-17-9-12-18(26-3)13-10-17/h5-10,12-13,16H,4,11,14-15H2,1-3H3/t16-/m1/s1. The third kappa shape index (κ3) is 4.87. The number of thioether (sulfide) groups is 1. The fraction of sp³-hybridized carbons (Fsp3) is 0.364. The summed E-state index contributed by atoms with van der Waals surface area (Å²) in [4.78, 5) is 19.5. The molecular formula is C22H26N2O3S. The molecule has 0 bridgehead atoms. The van der Waals surface area contributed by atoms with Crippen molar-refractivity contribution in [2.75, 3.05) is 19.5 Å². The summed E-state index contributed by atoms with van der Waals surface area (Å²) in [5, 5.41) is 0.749. The minimum absolute atomic E-state index is 0.0981. The molecule has 0 radical (unpaired) electrons. The van der Waals surface area contributed by atoms with Crippen molar-refractivity contribution < 1.29 is 14.3 Å². The van der Waals surface area contributed by atoms with Crippen LogP contribution in [0.15, 0.2) is 53.5 Å². The van der Waals surface area contributed by atoms with Crippen molar-refractivity contribution in [2.24, 2.45) is 4.99 Å². The summed E-state index contributed by atoms with van der Waals surface area (Å²) in [5.74, 6) is 2.51. The Morgan fingerprint density at radius 1 is 1.21 bits per heavy atom. The zero-order valence-electron chi connectivity index (χ0n) is 16.6. The van der Waals surface area contributed by atoms with Gasteiger partial charge < -0.3 is 9.47 Å². The van der Waals surface area contributed by atoms with Gasteiger partial charge >= 0.3 is 0 Å². The molecular weight excluding hydrogens is 372 g/mol. The second-order valence-electron chi connectivity index (χ2n) is 6.57. The normalized spacial score (nSPS) is 17.8. The van der Waals surface area contributed by atoms with E-state index in [0.717, 1.165) is 33.7 Å². The maximum atomic E-state index is 12.9. The number of amides is 1. The van der Waals surface area contributed by atoms with Crippen LogP contribution in [0.4, 0.5) is 5.69 Å². The number of rotatable bonds is 7. The van der Waals surface area contributed by atoms with E-state index in [2.05, 4.69) is 6.92 Å². The highest BCUT2D eigenvalue weighted by Gasteiger charge is 2.32. The summed E-state index contributed by atoms with van der Waals surface area (Å²) in [6.07, 6.45) is 1.14. The minimum Gasteiger partial charge on any atom is -0.497 e. The average molecular weight is 399 g/mol. The van der Waals surface area contributed by atoms with Crippen LogP contribution in [-0.4, -0.2) is 41.5 Å². The summed E-state index contributed by atoms with van der Waals surface area (Å²) in [7, 11) is 1.65. The first-order valence-electron chi connectivity index (χ1n) is 9.50. The number of hydrogen-bond acceptors (Lipinski definition) is 5. The van der Waals surface area contributed by atoms with Gasteiger partial charge in [0.2, 0.25) is 5.91 Å². The number of carbonyl (C=O) groups excluding carboxylic acids is 1. The Morgan fingerprint density at radius 2 is 1.96 bits per heavy atom. The second-order valence-corrected chi connectivity index (χ2v) is 7.55. The van der Waals surface area contributed by atoms with Crippen LogP contribution in [0.3, 0.4) is 0 Å². The van der Waals surface area contributed by atoms with Gasteiger partial charge in [0, 0.05) is 18.2 Å². The summed E-state index contributed by atoms with van der Waals surface area (Å²) in [5.41, 5.74) is 1.88. The van der Waals surface area contributed by atoms with E-state index in [0.29, 0.717) is 19.4 Å². The molecule has 0 aliphatic carbocycles. The fourth-order valence-electron chi connectivity index (χ4n) is 3.06. The summed E-state index contributed by atoms with van der Waals surface area (Å²) >= 11 is 1.62. The average Bonchev–Trinajstić information content (AvgIpc) is 3.08. The topological polar surface area (TPSA) is 51.1 Å². The first-order valence-corrected chi connectivity index (χ1v) is 10.5. The Bertz CT molecular complexity index is 836. The molecule has 1 atom stereocenters. The van der Waals surface area contributed by atoms with Crippen molar-refractivity contribution in [1.82, 2.24) is 4.90 Å². The number of ether oxygens (including phenoxy) is 2. The first-order chi connectivity index (χ1) is 13.6. The van der Waals surface area contributed by atoms with E-state index in [-0.39, 0.29) is 11.9 Å². The molecule has 0 N–H and O–H groups in total. The Morgan fingerprint density at radius 3 is 2.68 bits per heavy atom. The minimum atomic E-state index is 0.0981. The second kappa shape index (κ2) is 9.64. The quantitative estimate of drug-likeness (QED) is 0.680. The van der Waals surface area contributed by atoms with Crippen LogP contribution in [0.5, 0.6) is 11.5 Å². The molecule has 1 heterocycles. The van der Waals surface area contributed by atoms with Gasteiger partial charge in [0.1, 0.15) is 17.2 Å². The largest absolute Gasteiger partial charge is 0.497 e. The third-order valence-corrected chi connectivity index (χ3v) is 5.73. The Balaban J connectivity index is 1.72. The lowest BCUT2D eigenvalue weighted by Crippen LogP contribution is -2.37. The van der Waals surface area contributed by atoms with E-state index in [1.165, 1.54) is 0 Å². The lowest BCUT2D eigenvalue weighted by molar-refractivity contribution is -0.128. The van der Waals surface area contributed by atoms with Gasteiger partial charge in [-0.05, 0) is 50.1 Å². The highest BCUT2D eigenvalue weighted by atomic mass is 32.2. The number of methoxy groups -OCH3 is 1. The fourth-order valence-corrected chi connectivity index (χ4v) is 4.18. The smallest absolute Gasteiger partial charge is 0.229 e. The van der Waals surface area contributed by atoms with E-state index in [1.807, 2.05) is 60.4 Å². The number of para-hydroxylation sites is 2. The lowest BCUT2D eigenvalue weighted by Gasteiger charge is -2.21. The van der Waals surface area contributed by atoms with Crippen molar-refractivity contribution in [3.05, 3.63) is 54.1 Å². The molecule has 2 aromatic carbocycles.